The van der Waals surface area contributed by atoms with Crippen molar-refractivity contribution in [1.82, 2.24) is 25.4 Å². The number of halogens is 3. The average Bonchev–Trinajstić information content (AvgIpc) is 3.01. The summed E-state index contributed by atoms with van der Waals surface area (Å²) >= 11 is 0. The molecule has 0 fully saturated rings. The van der Waals surface area contributed by atoms with Crippen molar-refractivity contribution in [2.75, 3.05) is 6.54 Å². The van der Waals surface area contributed by atoms with Crippen molar-refractivity contribution in [3.63, 3.8) is 0 Å². The van der Waals surface area contributed by atoms with Crippen molar-refractivity contribution < 1.29 is 27.2 Å². The summed E-state index contributed by atoms with van der Waals surface area (Å²) in [5.74, 6) is -0.869. The fourth-order valence-electron chi connectivity index (χ4n) is 1.63. The van der Waals surface area contributed by atoms with Crippen LogP contribution in [0.15, 0.2) is 33.9 Å². The Morgan fingerprint density at radius 3 is 2.67 bits per heavy atom. The molecule has 0 saturated heterocycles. The van der Waals surface area contributed by atoms with Gasteiger partial charge in [-0.1, -0.05) is 0 Å². The first kappa shape index (κ1) is 17.2. The van der Waals surface area contributed by atoms with Gasteiger partial charge in [-0.15, -0.1) is 10.2 Å². The van der Waals surface area contributed by atoms with Crippen LogP contribution in [0.3, 0.4) is 0 Å². The van der Waals surface area contributed by atoms with E-state index < -0.39 is 36.8 Å². The Morgan fingerprint density at radius 1 is 1.29 bits per heavy atom. The number of hydrogen-bond acceptors (Lipinski definition) is 6. The lowest BCUT2D eigenvalue weighted by Crippen LogP contribution is -2.45. The molecule has 2 N–H and O–H groups in total. The van der Waals surface area contributed by atoms with Gasteiger partial charge in [0, 0.05) is 12.3 Å². The minimum atomic E-state index is -4.60. The van der Waals surface area contributed by atoms with Crippen LogP contribution in [-0.2, 0) is 11.3 Å². The first-order valence-corrected chi connectivity index (χ1v) is 6.36. The van der Waals surface area contributed by atoms with Gasteiger partial charge in [0.15, 0.2) is 0 Å². The zero-order valence-corrected chi connectivity index (χ0v) is 11.8. The standard InChI is InChI=1S/C12H10F3N5O4/c13-12(14,15)5-16-11(23)18-8(21)4-20-3-7(1-2-9(20)22)10-19-17-6-24-10/h1-3,6H,4-5H2,(H2,16,18,21,23). The number of rotatable bonds is 4. The molecule has 0 aromatic carbocycles. The summed E-state index contributed by atoms with van der Waals surface area (Å²) in [6.07, 6.45) is -2.29. The van der Waals surface area contributed by atoms with E-state index in [1.54, 1.807) is 5.32 Å². The second kappa shape index (κ2) is 6.93. The van der Waals surface area contributed by atoms with Crippen LogP contribution in [0.4, 0.5) is 18.0 Å². The van der Waals surface area contributed by atoms with Gasteiger partial charge in [0.25, 0.3) is 5.56 Å². The zero-order valence-electron chi connectivity index (χ0n) is 11.8. The number of hydrogen-bond donors (Lipinski definition) is 2. The molecule has 2 aromatic heterocycles. The number of nitrogens with zero attached hydrogens (tertiary/aromatic N) is 3. The molecule has 0 bridgehead atoms. The Balaban J connectivity index is 2.00. The van der Waals surface area contributed by atoms with Gasteiger partial charge in [0.05, 0.1) is 5.56 Å². The molecule has 2 rings (SSSR count). The number of nitrogens with one attached hydrogen (secondary N) is 2. The molecule has 0 unspecified atom stereocenters. The van der Waals surface area contributed by atoms with Gasteiger partial charge in [-0.05, 0) is 6.07 Å². The number of alkyl halides is 3. The number of amides is 3. The smallest absolute Gasteiger partial charge is 0.405 e. The largest absolute Gasteiger partial charge is 0.423 e. The highest BCUT2D eigenvalue weighted by molar-refractivity contribution is 5.94. The van der Waals surface area contributed by atoms with E-state index in [0.717, 1.165) is 17.0 Å². The van der Waals surface area contributed by atoms with Crippen LogP contribution in [0, 0.1) is 0 Å². The summed E-state index contributed by atoms with van der Waals surface area (Å²) in [5.41, 5.74) is -0.217. The molecule has 0 radical (unpaired) electrons. The lowest BCUT2D eigenvalue weighted by molar-refractivity contribution is -0.124. The summed E-state index contributed by atoms with van der Waals surface area (Å²) in [6.45, 7) is -2.17. The van der Waals surface area contributed by atoms with Crippen molar-refractivity contribution >= 4 is 11.9 Å². The Bertz CT molecular complexity index is 785. The second-order valence-electron chi connectivity index (χ2n) is 4.47. The second-order valence-corrected chi connectivity index (χ2v) is 4.47. The third-order valence-corrected chi connectivity index (χ3v) is 2.61. The summed E-state index contributed by atoms with van der Waals surface area (Å²) in [6, 6.07) is 1.20. The SMILES string of the molecule is O=C(Cn1cc(-c2nnco2)ccc1=O)NC(=O)NCC(F)(F)F. The van der Waals surface area contributed by atoms with Gasteiger partial charge in [-0.25, -0.2) is 4.79 Å². The summed E-state index contributed by atoms with van der Waals surface area (Å²) in [7, 11) is 0. The summed E-state index contributed by atoms with van der Waals surface area (Å²) in [4.78, 5) is 34.5. The monoisotopic (exact) mass is 345 g/mol. The third-order valence-electron chi connectivity index (χ3n) is 2.61. The average molecular weight is 345 g/mol. The molecular weight excluding hydrogens is 335 g/mol. The molecule has 2 heterocycles. The lowest BCUT2D eigenvalue weighted by atomic mass is 10.3. The molecule has 0 spiro atoms. The third kappa shape index (κ3) is 4.93. The van der Waals surface area contributed by atoms with Crippen LogP contribution in [-0.4, -0.2) is 39.4 Å². The highest BCUT2D eigenvalue weighted by Crippen LogP contribution is 2.13. The quantitative estimate of drug-likeness (QED) is 0.822. The maximum atomic E-state index is 11.9. The molecule has 0 aliphatic carbocycles. The van der Waals surface area contributed by atoms with Crippen LogP contribution < -0.4 is 16.2 Å². The van der Waals surface area contributed by atoms with E-state index in [1.807, 2.05) is 0 Å². The number of pyridine rings is 1. The molecule has 0 saturated carbocycles. The fraction of sp³-hybridized carbons (Fsp3) is 0.250. The highest BCUT2D eigenvalue weighted by atomic mass is 19.4. The van der Waals surface area contributed by atoms with E-state index in [0.29, 0.717) is 5.56 Å². The van der Waals surface area contributed by atoms with E-state index in [-0.39, 0.29) is 5.89 Å². The maximum Gasteiger partial charge on any atom is 0.405 e. The van der Waals surface area contributed by atoms with Gasteiger partial charge >= 0.3 is 12.2 Å². The van der Waals surface area contributed by atoms with Gasteiger partial charge in [0.1, 0.15) is 13.1 Å². The van der Waals surface area contributed by atoms with Crippen LogP contribution in [0.2, 0.25) is 0 Å². The van der Waals surface area contributed by atoms with Crippen LogP contribution in [0.5, 0.6) is 0 Å². The van der Waals surface area contributed by atoms with E-state index in [9.17, 15) is 27.6 Å². The minimum Gasteiger partial charge on any atom is -0.423 e. The van der Waals surface area contributed by atoms with E-state index in [4.69, 9.17) is 4.42 Å². The predicted molar refractivity (Wildman–Crippen MR) is 71.6 cm³/mol. The number of carbonyl (C=O) groups is 2. The van der Waals surface area contributed by atoms with E-state index in [1.165, 1.54) is 17.6 Å². The topological polar surface area (TPSA) is 119 Å². The molecule has 0 aliphatic rings. The Kier molecular flexibility index (Phi) is 4.96. The predicted octanol–water partition coefficient (Wildman–Crippen LogP) is 0.286. The zero-order chi connectivity index (χ0) is 17.7. The van der Waals surface area contributed by atoms with Crippen molar-refractivity contribution in [3.05, 3.63) is 35.1 Å². The maximum absolute atomic E-state index is 11.9. The molecule has 12 heteroatoms. The Hall–Kier alpha value is -3.18. The van der Waals surface area contributed by atoms with Crippen LogP contribution in [0.25, 0.3) is 11.5 Å². The van der Waals surface area contributed by atoms with Gasteiger partial charge in [-0.3, -0.25) is 14.9 Å². The first-order valence-electron chi connectivity index (χ1n) is 6.36. The molecular formula is C12H10F3N5O4. The molecule has 2 aromatic rings. The first-order chi connectivity index (χ1) is 11.2. The van der Waals surface area contributed by atoms with Gasteiger partial charge < -0.3 is 14.3 Å². The molecule has 24 heavy (non-hydrogen) atoms. The van der Waals surface area contributed by atoms with Crippen molar-refractivity contribution in [2.45, 2.75) is 12.7 Å². The molecule has 128 valence electrons. The minimum absolute atomic E-state index is 0.104. The highest BCUT2D eigenvalue weighted by Gasteiger charge is 2.28. The van der Waals surface area contributed by atoms with Gasteiger partial charge in [-0.2, -0.15) is 13.2 Å². The normalized spacial score (nSPS) is 11.1. The summed E-state index contributed by atoms with van der Waals surface area (Å²) < 4.78 is 41.7. The van der Waals surface area contributed by atoms with Gasteiger partial charge in [0.2, 0.25) is 18.2 Å². The number of urea groups is 1. The number of imide groups is 1. The molecule has 0 aliphatic heterocycles. The Labute approximate surface area is 131 Å². The number of carbonyl (C=O) groups excluding carboxylic acids is 2. The molecule has 3 amide bonds. The van der Waals surface area contributed by atoms with Crippen LogP contribution in [0.1, 0.15) is 0 Å². The molecule has 0 atom stereocenters. The van der Waals surface area contributed by atoms with E-state index >= 15 is 0 Å². The van der Waals surface area contributed by atoms with Crippen molar-refractivity contribution in [3.8, 4) is 11.5 Å². The summed E-state index contributed by atoms with van der Waals surface area (Å²) in [5, 5.41) is 10.2. The lowest BCUT2D eigenvalue weighted by Gasteiger charge is -2.10. The Morgan fingerprint density at radius 2 is 2.04 bits per heavy atom. The van der Waals surface area contributed by atoms with Crippen molar-refractivity contribution in [1.29, 1.82) is 0 Å². The van der Waals surface area contributed by atoms with Crippen LogP contribution >= 0.6 is 0 Å². The van der Waals surface area contributed by atoms with Crippen molar-refractivity contribution in [2.24, 2.45) is 0 Å². The number of aromatic nitrogens is 3. The fourth-order valence-corrected chi connectivity index (χ4v) is 1.63. The van der Waals surface area contributed by atoms with E-state index in [2.05, 4.69) is 10.2 Å². The molecule has 9 nitrogen and oxygen atoms in total.